The Bertz CT molecular complexity index is 422. The molecule has 2 rings (SSSR count). The van der Waals surface area contributed by atoms with Crippen LogP contribution in [0.2, 0.25) is 0 Å². The lowest BCUT2D eigenvalue weighted by Gasteiger charge is -2.30. The fourth-order valence-corrected chi connectivity index (χ4v) is 3.19. The van der Waals surface area contributed by atoms with Crippen LogP contribution in [-0.4, -0.2) is 28.9 Å². The van der Waals surface area contributed by atoms with Gasteiger partial charge in [0.15, 0.2) is 0 Å². The van der Waals surface area contributed by atoms with E-state index < -0.39 is 0 Å². The van der Waals surface area contributed by atoms with E-state index in [0.717, 1.165) is 47.4 Å². The fraction of sp³-hybridized carbons (Fsp3) is 0.692. The highest BCUT2D eigenvalue weighted by Crippen LogP contribution is 2.21. The molecule has 0 aliphatic carbocycles. The van der Waals surface area contributed by atoms with Crippen LogP contribution in [0.5, 0.6) is 0 Å². The Morgan fingerprint density at radius 2 is 2.17 bits per heavy atom. The first-order chi connectivity index (χ1) is 8.60. The summed E-state index contributed by atoms with van der Waals surface area (Å²) in [4.78, 5) is 19.6. The van der Waals surface area contributed by atoms with Gasteiger partial charge in [0.2, 0.25) is 5.91 Å². The first-order valence-electron chi connectivity index (χ1n) is 6.53. The monoisotopic (exact) mass is 267 g/mol. The number of thiazole rings is 1. The van der Waals surface area contributed by atoms with E-state index >= 15 is 0 Å². The Balaban J connectivity index is 1.96. The van der Waals surface area contributed by atoms with Crippen LogP contribution in [0.4, 0.5) is 0 Å². The molecule has 0 unspecified atom stereocenters. The molecule has 1 aromatic rings. The normalized spacial score (nSPS) is 17.2. The molecule has 0 bridgehead atoms. The molecule has 1 amide bonds. The second-order valence-electron chi connectivity index (χ2n) is 5.06. The van der Waals surface area contributed by atoms with Gasteiger partial charge in [0.05, 0.1) is 12.1 Å². The van der Waals surface area contributed by atoms with Crippen molar-refractivity contribution < 1.29 is 4.79 Å². The third kappa shape index (κ3) is 3.09. The molecule has 0 spiro atoms. The smallest absolute Gasteiger partial charge is 0.227 e. The zero-order valence-electron chi connectivity index (χ0n) is 11.1. The van der Waals surface area contributed by atoms with E-state index in [2.05, 4.69) is 11.9 Å². The van der Waals surface area contributed by atoms with Crippen LogP contribution < -0.4 is 5.73 Å². The van der Waals surface area contributed by atoms with Crippen LogP contribution in [-0.2, 0) is 17.8 Å². The zero-order valence-corrected chi connectivity index (χ0v) is 11.9. The second kappa shape index (κ2) is 5.80. The van der Waals surface area contributed by atoms with Crippen molar-refractivity contribution in [2.24, 2.45) is 11.7 Å². The van der Waals surface area contributed by atoms with Gasteiger partial charge in [-0.15, -0.1) is 11.3 Å². The van der Waals surface area contributed by atoms with E-state index in [-0.39, 0.29) is 5.91 Å². The van der Waals surface area contributed by atoms with E-state index in [1.54, 1.807) is 11.3 Å². The molecule has 18 heavy (non-hydrogen) atoms. The Hall–Kier alpha value is -0.940. The number of hydrogen-bond acceptors (Lipinski definition) is 4. The van der Waals surface area contributed by atoms with Crippen molar-refractivity contribution in [3.05, 3.63) is 15.6 Å². The molecule has 0 atom stereocenters. The molecule has 1 saturated heterocycles. The number of likely N-dealkylation sites (tertiary alicyclic amines) is 1. The summed E-state index contributed by atoms with van der Waals surface area (Å²) in [6, 6.07) is 0. The van der Waals surface area contributed by atoms with Crippen molar-refractivity contribution in [2.45, 2.75) is 39.7 Å². The summed E-state index contributed by atoms with van der Waals surface area (Å²) in [5.41, 5.74) is 6.53. The highest BCUT2D eigenvalue weighted by atomic mass is 32.1. The molecule has 4 nitrogen and oxygen atoms in total. The number of carbonyl (C=O) groups is 1. The van der Waals surface area contributed by atoms with Gasteiger partial charge in [-0.3, -0.25) is 4.79 Å². The summed E-state index contributed by atoms with van der Waals surface area (Å²) in [6.45, 7) is 6.48. The zero-order chi connectivity index (χ0) is 13.1. The summed E-state index contributed by atoms with van der Waals surface area (Å²) in [5.74, 6) is 0.986. The maximum atomic E-state index is 12.2. The lowest BCUT2D eigenvalue weighted by atomic mass is 9.99. The molecule has 5 heteroatoms. The van der Waals surface area contributed by atoms with Crippen molar-refractivity contribution in [3.63, 3.8) is 0 Å². The van der Waals surface area contributed by atoms with Crippen LogP contribution in [0.3, 0.4) is 0 Å². The maximum Gasteiger partial charge on any atom is 0.227 e. The van der Waals surface area contributed by atoms with Crippen LogP contribution in [0, 0.1) is 12.8 Å². The van der Waals surface area contributed by atoms with Gasteiger partial charge in [-0.05, 0) is 25.7 Å². The third-order valence-corrected chi connectivity index (χ3v) is 4.74. The fourth-order valence-electron chi connectivity index (χ4n) is 2.25. The van der Waals surface area contributed by atoms with Gasteiger partial charge < -0.3 is 10.6 Å². The van der Waals surface area contributed by atoms with Gasteiger partial charge in [-0.2, -0.15) is 0 Å². The summed E-state index contributed by atoms with van der Waals surface area (Å²) in [6.07, 6.45) is 2.74. The summed E-state index contributed by atoms with van der Waals surface area (Å²) >= 11 is 1.57. The number of amides is 1. The minimum Gasteiger partial charge on any atom is -0.342 e. The number of aryl methyl sites for hydroxylation is 1. The first kappa shape index (κ1) is 13.5. The molecule has 0 radical (unpaired) electrons. The average Bonchev–Trinajstić information content (AvgIpc) is 2.71. The Kier molecular flexibility index (Phi) is 4.35. The molecule has 2 N–H and O–H groups in total. The van der Waals surface area contributed by atoms with E-state index in [4.69, 9.17) is 5.73 Å². The Labute approximate surface area is 112 Å². The molecular formula is C13H21N3OS. The molecular weight excluding hydrogens is 246 g/mol. The minimum atomic E-state index is 0.234. The highest BCUT2D eigenvalue weighted by Gasteiger charge is 2.21. The third-order valence-electron chi connectivity index (χ3n) is 3.56. The summed E-state index contributed by atoms with van der Waals surface area (Å²) in [5, 5.41) is 0.919. The van der Waals surface area contributed by atoms with Crippen molar-refractivity contribution in [1.29, 1.82) is 0 Å². The van der Waals surface area contributed by atoms with Crippen molar-refractivity contribution >= 4 is 17.2 Å². The molecule has 100 valence electrons. The van der Waals surface area contributed by atoms with E-state index in [1.807, 2.05) is 11.8 Å². The quantitative estimate of drug-likeness (QED) is 0.907. The van der Waals surface area contributed by atoms with Gasteiger partial charge in [-0.25, -0.2) is 4.98 Å². The second-order valence-corrected chi connectivity index (χ2v) is 6.23. The van der Waals surface area contributed by atoms with Crippen LogP contribution in [0.15, 0.2) is 0 Å². The Morgan fingerprint density at radius 3 is 2.72 bits per heavy atom. The molecule has 0 saturated carbocycles. The van der Waals surface area contributed by atoms with E-state index in [0.29, 0.717) is 13.0 Å². The summed E-state index contributed by atoms with van der Waals surface area (Å²) < 4.78 is 0. The van der Waals surface area contributed by atoms with Gasteiger partial charge in [0.1, 0.15) is 5.01 Å². The number of nitrogens with two attached hydrogens (primary N) is 1. The van der Waals surface area contributed by atoms with E-state index in [9.17, 15) is 4.79 Å². The van der Waals surface area contributed by atoms with Crippen LogP contribution in [0.25, 0.3) is 0 Å². The SMILES string of the molecule is Cc1nc(CN)sc1CC(=O)N1CCC(C)CC1. The summed E-state index contributed by atoms with van der Waals surface area (Å²) in [7, 11) is 0. The maximum absolute atomic E-state index is 12.2. The predicted octanol–water partition coefficient (Wildman–Crippen LogP) is 1.71. The lowest BCUT2D eigenvalue weighted by molar-refractivity contribution is -0.131. The number of aromatic nitrogens is 1. The van der Waals surface area contributed by atoms with Crippen molar-refractivity contribution in [3.8, 4) is 0 Å². The predicted molar refractivity (Wildman–Crippen MR) is 73.4 cm³/mol. The average molecular weight is 267 g/mol. The number of hydrogen-bond donors (Lipinski definition) is 1. The van der Waals surface area contributed by atoms with Crippen molar-refractivity contribution in [2.75, 3.05) is 13.1 Å². The number of carbonyl (C=O) groups excluding carboxylic acids is 1. The topological polar surface area (TPSA) is 59.2 Å². The van der Waals surface area contributed by atoms with Crippen LogP contribution >= 0.6 is 11.3 Å². The van der Waals surface area contributed by atoms with Gasteiger partial charge in [0.25, 0.3) is 0 Å². The van der Waals surface area contributed by atoms with Gasteiger partial charge in [-0.1, -0.05) is 6.92 Å². The minimum absolute atomic E-state index is 0.234. The van der Waals surface area contributed by atoms with Gasteiger partial charge >= 0.3 is 0 Å². The van der Waals surface area contributed by atoms with E-state index in [1.165, 1.54) is 0 Å². The number of piperidine rings is 1. The molecule has 1 aliphatic heterocycles. The van der Waals surface area contributed by atoms with Crippen molar-refractivity contribution in [1.82, 2.24) is 9.88 Å². The number of nitrogens with zero attached hydrogens (tertiary/aromatic N) is 2. The lowest BCUT2D eigenvalue weighted by Crippen LogP contribution is -2.38. The molecule has 1 aliphatic rings. The highest BCUT2D eigenvalue weighted by molar-refractivity contribution is 7.11. The first-order valence-corrected chi connectivity index (χ1v) is 7.34. The molecule has 0 aromatic carbocycles. The van der Waals surface area contributed by atoms with Gasteiger partial charge in [0, 0.05) is 24.5 Å². The molecule has 2 heterocycles. The molecule has 1 aromatic heterocycles. The van der Waals surface area contributed by atoms with Crippen LogP contribution in [0.1, 0.15) is 35.3 Å². The number of rotatable bonds is 3. The Morgan fingerprint density at radius 1 is 1.50 bits per heavy atom. The standard InChI is InChI=1S/C13H21N3OS/c1-9-3-5-16(6-4-9)13(17)7-11-10(2)15-12(8-14)18-11/h9H,3-8,14H2,1-2H3. The molecule has 1 fully saturated rings. The largest absolute Gasteiger partial charge is 0.342 e.